The fourth-order valence-corrected chi connectivity index (χ4v) is 2.36. The molecule has 2 N–H and O–H groups in total. The molecule has 0 aliphatic rings. The third-order valence-electron chi connectivity index (χ3n) is 3.95. The number of hydrogen-bond donors (Lipinski definition) is 0. The SMILES string of the molecule is O.O=C([O-])c1cccc([N+](=O)[O-])c1.[Mn+3].[O-]c1ccccc1C=NCCN=Cc1ccccc1[O-]. The molecule has 0 aromatic heterocycles. The van der Waals surface area contributed by atoms with Crippen molar-refractivity contribution in [1.29, 1.82) is 0 Å². The number of aromatic carboxylic acids is 1. The Morgan fingerprint density at radius 3 is 1.71 bits per heavy atom. The molecular weight excluding hydrogens is 485 g/mol. The van der Waals surface area contributed by atoms with Crippen LogP contribution in [0.4, 0.5) is 5.69 Å². The Morgan fingerprint density at radius 1 is 0.824 bits per heavy atom. The third-order valence-corrected chi connectivity index (χ3v) is 3.95. The number of benzene rings is 3. The van der Waals surface area contributed by atoms with Crippen LogP contribution in [0.3, 0.4) is 0 Å². The largest absolute Gasteiger partial charge is 3.00 e. The first kappa shape index (κ1) is 29.9. The fraction of sp³-hybridized carbons (Fsp3) is 0.0870. The second-order valence-corrected chi connectivity index (χ2v) is 6.24. The van der Waals surface area contributed by atoms with Gasteiger partial charge >= 0.3 is 17.1 Å². The third kappa shape index (κ3) is 10.0. The van der Waals surface area contributed by atoms with Crippen LogP contribution in [-0.2, 0) is 17.1 Å². The van der Waals surface area contributed by atoms with Gasteiger partial charge in [-0.15, -0.1) is 11.5 Å². The van der Waals surface area contributed by atoms with Crippen molar-refractivity contribution in [2.45, 2.75) is 0 Å². The topological polar surface area (TPSA) is 186 Å². The average Bonchev–Trinajstić information content (AvgIpc) is 2.79. The molecule has 0 fully saturated rings. The number of non-ortho nitro benzene ring substituents is 1. The van der Waals surface area contributed by atoms with Gasteiger partial charge in [0.1, 0.15) is 0 Å². The molecule has 0 aliphatic heterocycles. The molecule has 0 spiro atoms. The molecule has 0 bridgehead atoms. The summed E-state index contributed by atoms with van der Waals surface area (Å²) >= 11 is 0. The summed E-state index contributed by atoms with van der Waals surface area (Å²) in [7, 11) is 0. The molecule has 0 unspecified atom stereocenters. The van der Waals surface area contributed by atoms with Crippen LogP contribution in [0.5, 0.6) is 11.5 Å². The number of rotatable bonds is 7. The van der Waals surface area contributed by atoms with Gasteiger partial charge in [0.15, 0.2) is 0 Å². The number of nitro benzene ring substituents is 1. The van der Waals surface area contributed by atoms with Crippen LogP contribution in [-0.4, -0.2) is 41.9 Å². The number of nitro groups is 1. The summed E-state index contributed by atoms with van der Waals surface area (Å²) in [5.74, 6) is -1.50. The van der Waals surface area contributed by atoms with Crippen molar-refractivity contribution < 1.29 is 47.6 Å². The fourth-order valence-electron chi connectivity index (χ4n) is 2.36. The van der Waals surface area contributed by atoms with Gasteiger partial charge in [-0.1, -0.05) is 60.7 Å². The Balaban J connectivity index is 0.000000675. The van der Waals surface area contributed by atoms with Crippen molar-refractivity contribution in [3.05, 3.63) is 99.6 Å². The Kier molecular flexibility index (Phi) is 13.8. The predicted molar refractivity (Wildman–Crippen MR) is 118 cm³/mol. The van der Waals surface area contributed by atoms with Crippen LogP contribution in [0.1, 0.15) is 21.5 Å². The number of aliphatic imine (C=N–C) groups is 2. The molecule has 0 aliphatic carbocycles. The Bertz CT molecular complexity index is 1050. The Morgan fingerprint density at radius 2 is 1.29 bits per heavy atom. The molecule has 0 amide bonds. The van der Waals surface area contributed by atoms with Crippen molar-refractivity contribution >= 4 is 24.1 Å². The number of para-hydroxylation sites is 2. The minimum absolute atomic E-state index is 0. The van der Waals surface area contributed by atoms with E-state index in [-0.39, 0.29) is 45.3 Å². The smallest absolute Gasteiger partial charge is 0.872 e. The van der Waals surface area contributed by atoms with Gasteiger partial charge in [-0.25, -0.2) is 0 Å². The monoisotopic (exact) mass is 505 g/mol. The van der Waals surface area contributed by atoms with Crippen LogP contribution in [0.2, 0.25) is 0 Å². The van der Waals surface area contributed by atoms with E-state index in [1.165, 1.54) is 30.3 Å². The van der Waals surface area contributed by atoms with E-state index in [0.29, 0.717) is 24.2 Å². The van der Waals surface area contributed by atoms with E-state index in [4.69, 9.17) is 0 Å². The average molecular weight is 505 g/mol. The molecule has 0 atom stereocenters. The molecular formula is C23H20MnN3O7. The molecule has 0 radical (unpaired) electrons. The van der Waals surface area contributed by atoms with Crippen molar-refractivity contribution in [3.63, 3.8) is 0 Å². The molecule has 10 nitrogen and oxygen atoms in total. The minimum atomic E-state index is -1.42. The summed E-state index contributed by atoms with van der Waals surface area (Å²) in [5, 5.41) is 43.2. The summed E-state index contributed by atoms with van der Waals surface area (Å²) in [6.45, 7) is 0.956. The van der Waals surface area contributed by atoms with Crippen molar-refractivity contribution in [3.8, 4) is 11.5 Å². The zero-order valence-electron chi connectivity index (χ0n) is 17.7. The van der Waals surface area contributed by atoms with Crippen LogP contribution >= 0.6 is 0 Å². The van der Waals surface area contributed by atoms with E-state index in [0.717, 1.165) is 6.07 Å². The molecule has 11 heteroatoms. The number of carbonyl (C=O) groups excluding carboxylic acids is 1. The van der Waals surface area contributed by atoms with Gasteiger partial charge in [0.25, 0.3) is 5.69 Å². The Hall–Kier alpha value is -4.05. The number of hydrogen-bond acceptors (Lipinski definition) is 8. The van der Waals surface area contributed by atoms with Crippen molar-refractivity contribution in [2.24, 2.45) is 9.98 Å². The van der Waals surface area contributed by atoms with Crippen LogP contribution in [0.15, 0.2) is 82.8 Å². The van der Waals surface area contributed by atoms with E-state index >= 15 is 0 Å². The number of nitrogens with zero attached hydrogens (tertiary/aromatic N) is 3. The summed E-state index contributed by atoms with van der Waals surface area (Å²) in [6.07, 6.45) is 3.11. The molecule has 3 rings (SSSR count). The van der Waals surface area contributed by atoms with Gasteiger partial charge in [-0.2, -0.15) is 0 Å². The molecule has 176 valence electrons. The van der Waals surface area contributed by atoms with Gasteiger partial charge in [-0.05, 0) is 11.1 Å². The molecule has 3 aromatic rings. The molecule has 0 heterocycles. The summed E-state index contributed by atoms with van der Waals surface area (Å²) in [5.41, 5.74) is 0.698. The first-order valence-electron chi connectivity index (χ1n) is 9.36. The number of carbonyl (C=O) groups is 1. The summed E-state index contributed by atoms with van der Waals surface area (Å²) in [4.78, 5) is 28.0. The normalized spacial score (nSPS) is 10.0. The van der Waals surface area contributed by atoms with E-state index in [1.54, 1.807) is 48.8 Å². The van der Waals surface area contributed by atoms with Crippen molar-refractivity contribution in [1.82, 2.24) is 0 Å². The molecule has 0 saturated heterocycles. The van der Waals surface area contributed by atoms with Gasteiger partial charge in [0.2, 0.25) is 0 Å². The van der Waals surface area contributed by atoms with Crippen molar-refractivity contribution in [2.75, 3.05) is 13.1 Å². The van der Waals surface area contributed by atoms with Gasteiger partial charge < -0.3 is 25.6 Å². The Labute approximate surface area is 205 Å². The standard InChI is InChI=1S/C16H16N2O2.C7H5NO4.Mn.H2O/c19-15-7-3-1-5-13(15)11-17-9-10-18-12-14-6-2-4-8-16(14)20;9-7(10)5-2-1-3-6(4-5)8(11)12;;/h1-8,11-12,19-20H,9-10H2;1-4H,(H,9,10);;1H2/q;;+3;/p-3. The first-order chi connectivity index (χ1) is 15.4. The molecule has 3 aromatic carbocycles. The van der Waals surface area contributed by atoms with Gasteiger partial charge in [0.05, 0.1) is 24.0 Å². The van der Waals surface area contributed by atoms with Crippen LogP contribution < -0.4 is 15.3 Å². The zero-order chi connectivity index (χ0) is 23.3. The summed E-state index contributed by atoms with van der Waals surface area (Å²) in [6, 6.07) is 18.2. The maximum absolute atomic E-state index is 11.4. The predicted octanol–water partition coefficient (Wildman–Crippen LogP) is 0.503. The van der Waals surface area contributed by atoms with Crippen LogP contribution in [0.25, 0.3) is 0 Å². The minimum Gasteiger partial charge on any atom is -0.872 e. The van der Waals surface area contributed by atoms with E-state index in [2.05, 4.69) is 9.98 Å². The zero-order valence-corrected chi connectivity index (χ0v) is 18.8. The number of carboxylic acid groups (broad SMARTS) is 1. The molecule has 0 saturated carbocycles. The maximum Gasteiger partial charge on any atom is 3.00 e. The van der Waals surface area contributed by atoms with Gasteiger partial charge in [-0.3, -0.25) is 20.1 Å². The second kappa shape index (κ2) is 15.7. The van der Waals surface area contributed by atoms with Crippen LogP contribution in [0, 0.1) is 10.1 Å². The molecule has 34 heavy (non-hydrogen) atoms. The maximum atomic E-state index is 11.4. The van der Waals surface area contributed by atoms with E-state index in [9.17, 15) is 30.2 Å². The van der Waals surface area contributed by atoms with E-state index < -0.39 is 10.9 Å². The first-order valence-corrected chi connectivity index (χ1v) is 9.36. The summed E-state index contributed by atoms with van der Waals surface area (Å²) < 4.78 is 0. The second-order valence-electron chi connectivity index (χ2n) is 6.24. The number of carboxylic acids is 1. The quantitative estimate of drug-likeness (QED) is 0.148. The van der Waals surface area contributed by atoms with E-state index in [1.807, 2.05) is 0 Å². The van der Waals surface area contributed by atoms with Gasteiger partial charge in [0, 0.05) is 30.1 Å².